The molecule has 2 aromatic carbocycles. The molecule has 0 heterocycles. The summed E-state index contributed by atoms with van der Waals surface area (Å²) in [6, 6.07) is 17.4. The van der Waals surface area contributed by atoms with Crippen LogP contribution in [0.4, 0.5) is 5.69 Å². The van der Waals surface area contributed by atoms with E-state index in [1.165, 1.54) is 0 Å². The largest absolute Gasteiger partial charge is 0.319 e. The Balaban J connectivity index is 2.25. The Labute approximate surface area is 136 Å². The molecule has 1 atom stereocenters. The first-order valence-corrected chi connectivity index (χ1v) is 7.75. The molecule has 4 heteroatoms. The van der Waals surface area contributed by atoms with Gasteiger partial charge in [0.15, 0.2) is 0 Å². The van der Waals surface area contributed by atoms with Gasteiger partial charge in [-0.2, -0.15) is 0 Å². The Kier molecular flexibility index (Phi) is 5.99. The van der Waals surface area contributed by atoms with Crippen molar-refractivity contribution in [3.63, 3.8) is 0 Å². The SMILES string of the molecule is CNCC(C)C(=O)N(Cc1ccc(Cl)cc1)c1ccccc1. The maximum atomic E-state index is 12.8. The van der Waals surface area contributed by atoms with Crippen LogP contribution in [0.15, 0.2) is 54.6 Å². The molecule has 0 aliphatic carbocycles. The second kappa shape index (κ2) is 7.97. The summed E-state index contributed by atoms with van der Waals surface area (Å²) in [5.74, 6) is 0.0213. The van der Waals surface area contributed by atoms with Crippen molar-refractivity contribution in [1.29, 1.82) is 0 Å². The van der Waals surface area contributed by atoms with Crippen molar-refractivity contribution >= 4 is 23.2 Å². The van der Waals surface area contributed by atoms with Crippen molar-refractivity contribution in [3.8, 4) is 0 Å². The molecule has 116 valence electrons. The minimum absolute atomic E-state index is 0.0856. The summed E-state index contributed by atoms with van der Waals surface area (Å²) >= 11 is 5.93. The van der Waals surface area contributed by atoms with E-state index in [9.17, 15) is 4.79 Å². The zero-order valence-corrected chi connectivity index (χ0v) is 13.7. The summed E-state index contributed by atoms with van der Waals surface area (Å²) in [7, 11) is 1.86. The van der Waals surface area contributed by atoms with Crippen LogP contribution in [-0.4, -0.2) is 19.5 Å². The lowest BCUT2D eigenvalue weighted by atomic mass is 10.1. The van der Waals surface area contributed by atoms with E-state index in [1.54, 1.807) is 0 Å². The summed E-state index contributed by atoms with van der Waals surface area (Å²) in [6.45, 7) is 3.13. The number of rotatable bonds is 6. The highest BCUT2D eigenvalue weighted by atomic mass is 35.5. The van der Waals surface area contributed by atoms with E-state index >= 15 is 0 Å². The molecule has 0 spiro atoms. The number of halogens is 1. The van der Waals surface area contributed by atoms with Crippen molar-refractivity contribution in [2.75, 3.05) is 18.5 Å². The van der Waals surface area contributed by atoms with E-state index in [4.69, 9.17) is 11.6 Å². The minimum atomic E-state index is -0.0856. The van der Waals surface area contributed by atoms with Gasteiger partial charge in [0.2, 0.25) is 5.91 Å². The number of amides is 1. The molecule has 3 nitrogen and oxygen atoms in total. The molecule has 2 aromatic rings. The first-order chi connectivity index (χ1) is 10.6. The minimum Gasteiger partial charge on any atom is -0.319 e. The first-order valence-electron chi connectivity index (χ1n) is 7.37. The summed E-state index contributed by atoms with van der Waals surface area (Å²) in [6.07, 6.45) is 0. The fourth-order valence-corrected chi connectivity index (χ4v) is 2.46. The Bertz CT molecular complexity index is 598. The second-order valence-electron chi connectivity index (χ2n) is 5.35. The summed E-state index contributed by atoms with van der Waals surface area (Å²) in [5, 5.41) is 3.76. The lowest BCUT2D eigenvalue weighted by molar-refractivity contribution is -0.121. The van der Waals surface area contributed by atoms with E-state index in [2.05, 4.69) is 5.32 Å². The van der Waals surface area contributed by atoms with Gasteiger partial charge in [-0.05, 0) is 36.9 Å². The number of carbonyl (C=O) groups excluding carboxylic acids is 1. The van der Waals surface area contributed by atoms with Crippen LogP contribution < -0.4 is 10.2 Å². The number of hydrogen-bond acceptors (Lipinski definition) is 2. The molecule has 1 amide bonds. The fourth-order valence-electron chi connectivity index (χ4n) is 2.34. The maximum Gasteiger partial charge on any atom is 0.231 e. The summed E-state index contributed by atoms with van der Waals surface area (Å²) in [5.41, 5.74) is 1.96. The molecular weight excluding hydrogens is 296 g/mol. The number of benzene rings is 2. The summed E-state index contributed by atoms with van der Waals surface area (Å²) < 4.78 is 0. The van der Waals surface area contributed by atoms with Crippen LogP contribution in [0.1, 0.15) is 12.5 Å². The molecule has 0 fully saturated rings. The van der Waals surface area contributed by atoms with Crippen molar-refractivity contribution < 1.29 is 4.79 Å². The van der Waals surface area contributed by atoms with E-state index in [0.717, 1.165) is 11.3 Å². The molecule has 0 aliphatic rings. The highest BCUT2D eigenvalue weighted by Crippen LogP contribution is 2.20. The number of nitrogens with one attached hydrogen (secondary N) is 1. The van der Waals surface area contributed by atoms with Crippen LogP contribution in [0.25, 0.3) is 0 Å². The van der Waals surface area contributed by atoms with Gasteiger partial charge in [0.1, 0.15) is 0 Å². The zero-order valence-electron chi connectivity index (χ0n) is 12.9. The average Bonchev–Trinajstić information content (AvgIpc) is 2.55. The third kappa shape index (κ3) is 4.33. The Morgan fingerprint density at radius 1 is 1.14 bits per heavy atom. The molecule has 0 radical (unpaired) electrons. The van der Waals surface area contributed by atoms with Gasteiger partial charge >= 0.3 is 0 Å². The predicted molar refractivity (Wildman–Crippen MR) is 92.2 cm³/mol. The first kappa shape index (κ1) is 16.5. The lowest BCUT2D eigenvalue weighted by Crippen LogP contribution is -2.38. The van der Waals surface area contributed by atoms with Gasteiger partial charge in [0.05, 0.1) is 6.54 Å². The standard InChI is InChI=1S/C18H21ClN2O/c1-14(12-20-2)18(22)21(17-6-4-3-5-7-17)13-15-8-10-16(19)11-9-15/h3-11,14,20H,12-13H2,1-2H3. The molecule has 0 aliphatic heterocycles. The summed E-state index contributed by atoms with van der Waals surface area (Å²) in [4.78, 5) is 14.6. The van der Waals surface area contributed by atoms with Gasteiger partial charge in [-0.3, -0.25) is 4.79 Å². The number of hydrogen-bond donors (Lipinski definition) is 1. The van der Waals surface area contributed by atoms with Crippen LogP contribution in [0.2, 0.25) is 5.02 Å². The third-order valence-electron chi connectivity index (χ3n) is 3.52. The normalized spacial score (nSPS) is 12.0. The number of carbonyl (C=O) groups is 1. The average molecular weight is 317 g/mol. The van der Waals surface area contributed by atoms with E-state index in [1.807, 2.05) is 73.5 Å². The highest BCUT2D eigenvalue weighted by molar-refractivity contribution is 6.30. The molecule has 22 heavy (non-hydrogen) atoms. The monoisotopic (exact) mass is 316 g/mol. The van der Waals surface area contributed by atoms with Gasteiger partial charge in [0.25, 0.3) is 0 Å². The highest BCUT2D eigenvalue weighted by Gasteiger charge is 2.21. The zero-order chi connectivity index (χ0) is 15.9. The van der Waals surface area contributed by atoms with Crippen LogP contribution in [0.5, 0.6) is 0 Å². The number of para-hydroxylation sites is 1. The molecule has 2 rings (SSSR count). The van der Waals surface area contributed by atoms with Gasteiger partial charge in [-0.15, -0.1) is 0 Å². The molecule has 1 N–H and O–H groups in total. The molecule has 0 aromatic heterocycles. The number of nitrogens with zero attached hydrogens (tertiary/aromatic N) is 1. The van der Waals surface area contributed by atoms with E-state index < -0.39 is 0 Å². The van der Waals surface area contributed by atoms with Crippen LogP contribution >= 0.6 is 11.6 Å². The van der Waals surface area contributed by atoms with Crippen molar-refractivity contribution in [1.82, 2.24) is 5.32 Å². The molecule has 0 saturated carbocycles. The van der Waals surface area contributed by atoms with Gasteiger partial charge in [-0.1, -0.05) is 48.9 Å². The number of anilines is 1. The van der Waals surface area contributed by atoms with Gasteiger partial charge in [-0.25, -0.2) is 0 Å². The fraction of sp³-hybridized carbons (Fsp3) is 0.278. The smallest absolute Gasteiger partial charge is 0.231 e. The molecule has 1 unspecified atom stereocenters. The van der Waals surface area contributed by atoms with Gasteiger partial charge in [0, 0.05) is 23.2 Å². The van der Waals surface area contributed by atoms with E-state index in [0.29, 0.717) is 18.1 Å². The van der Waals surface area contributed by atoms with E-state index in [-0.39, 0.29) is 11.8 Å². The van der Waals surface area contributed by atoms with Crippen LogP contribution in [0.3, 0.4) is 0 Å². The molecular formula is C18H21ClN2O. The Hall–Kier alpha value is -1.84. The van der Waals surface area contributed by atoms with Crippen LogP contribution in [0, 0.1) is 5.92 Å². The van der Waals surface area contributed by atoms with Crippen molar-refractivity contribution in [2.45, 2.75) is 13.5 Å². The second-order valence-corrected chi connectivity index (χ2v) is 5.78. The quantitative estimate of drug-likeness (QED) is 0.880. The van der Waals surface area contributed by atoms with Crippen molar-refractivity contribution in [2.24, 2.45) is 5.92 Å². The Morgan fingerprint density at radius 3 is 2.36 bits per heavy atom. The van der Waals surface area contributed by atoms with Gasteiger partial charge < -0.3 is 10.2 Å². The predicted octanol–water partition coefficient (Wildman–Crippen LogP) is 3.73. The van der Waals surface area contributed by atoms with Crippen molar-refractivity contribution in [3.05, 3.63) is 65.2 Å². The molecule has 0 saturated heterocycles. The topological polar surface area (TPSA) is 32.3 Å². The third-order valence-corrected chi connectivity index (χ3v) is 3.77. The Morgan fingerprint density at radius 2 is 1.77 bits per heavy atom. The lowest BCUT2D eigenvalue weighted by Gasteiger charge is -2.26. The molecule has 0 bridgehead atoms. The van der Waals surface area contributed by atoms with Crippen LogP contribution in [-0.2, 0) is 11.3 Å². The maximum absolute atomic E-state index is 12.8.